The Kier molecular flexibility index (Phi) is 3.74. The van der Waals surface area contributed by atoms with E-state index in [2.05, 4.69) is 14.7 Å². The fourth-order valence-corrected chi connectivity index (χ4v) is 2.14. The van der Waals surface area contributed by atoms with E-state index in [0.717, 1.165) is 28.6 Å². The fourth-order valence-electron chi connectivity index (χ4n) is 1.30. The molecule has 0 saturated heterocycles. The van der Waals surface area contributed by atoms with Gasteiger partial charge in [-0.2, -0.15) is 4.37 Å². The van der Waals surface area contributed by atoms with Crippen LogP contribution < -0.4 is 5.32 Å². The van der Waals surface area contributed by atoms with Gasteiger partial charge in [-0.15, -0.1) is 11.6 Å². The molecule has 0 aliphatic heterocycles. The number of nitrogens with one attached hydrogen (secondary N) is 1. The minimum Gasteiger partial charge on any atom is -0.330 e. The first-order valence-corrected chi connectivity index (χ1v) is 6.37. The number of benzene rings is 1. The molecule has 2 rings (SSSR count). The highest BCUT2D eigenvalue weighted by Gasteiger charge is 2.02. The number of aryl methyl sites for hydroxylation is 1. The summed E-state index contributed by atoms with van der Waals surface area (Å²) in [6, 6.07) is 7.97. The highest BCUT2D eigenvalue weighted by Crippen LogP contribution is 2.20. The third-order valence-corrected chi connectivity index (χ3v) is 3.09. The second kappa shape index (κ2) is 5.27. The Labute approximate surface area is 104 Å². The summed E-state index contributed by atoms with van der Waals surface area (Å²) in [5.74, 6) is 1.40. The average Bonchev–Trinajstić information content (AvgIpc) is 2.77. The maximum atomic E-state index is 5.78. The molecule has 1 aromatic carbocycles. The van der Waals surface area contributed by atoms with E-state index in [-0.39, 0.29) is 0 Å². The molecule has 1 N–H and O–H groups in total. The van der Waals surface area contributed by atoms with Crippen LogP contribution in [0.5, 0.6) is 0 Å². The molecule has 5 heteroatoms. The van der Waals surface area contributed by atoms with Gasteiger partial charge in [-0.1, -0.05) is 19.1 Å². The van der Waals surface area contributed by atoms with Crippen molar-refractivity contribution < 1.29 is 0 Å². The summed E-state index contributed by atoms with van der Waals surface area (Å²) in [6.45, 7) is 2.04. The van der Waals surface area contributed by atoms with Gasteiger partial charge in [-0.3, -0.25) is 0 Å². The van der Waals surface area contributed by atoms with Crippen LogP contribution in [0.2, 0.25) is 0 Å². The van der Waals surface area contributed by atoms with Gasteiger partial charge in [-0.25, -0.2) is 4.98 Å². The minimum atomic E-state index is 0.520. The maximum Gasteiger partial charge on any atom is 0.207 e. The zero-order chi connectivity index (χ0) is 11.4. The topological polar surface area (TPSA) is 37.8 Å². The maximum absolute atomic E-state index is 5.78. The molecule has 3 nitrogen and oxygen atoms in total. The summed E-state index contributed by atoms with van der Waals surface area (Å²) in [6.07, 6.45) is 0.861. The van der Waals surface area contributed by atoms with E-state index in [0.29, 0.717) is 5.88 Å². The third-order valence-electron chi connectivity index (χ3n) is 2.12. The van der Waals surface area contributed by atoms with Crippen molar-refractivity contribution in [2.24, 2.45) is 0 Å². The average molecular weight is 254 g/mol. The second-order valence-electron chi connectivity index (χ2n) is 3.33. The highest BCUT2D eigenvalue weighted by atomic mass is 35.5. The van der Waals surface area contributed by atoms with Crippen molar-refractivity contribution in [1.29, 1.82) is 0 Å². The predicted molar refractivity (Wildman–Crippen MR) is 68.6 cm³/mol. The Morgan fingerprint density at radius 3 is 3.00 bits per heavy atom. The van der Waals surface area contributed by atoms with Crippen molar-refractivity contribution in [3.63, 3.8) is 0 Å². The molecule has 0 bridgehead atoms. The normalized spacial score (nSPS) is 10.4. The quantitative estimate of drug-likeness (QED) is 0.847. The van der Waals surface area contributed by atoms with Gasteiger partial charge in [0.25, 0.3) is 0 Å². The van der Waals surface area contributed by atoms with Crippen molar-refractivity contribution in [2.75, 3.05) is 5.32 Å². The van der Waals surface area contributed by atoms with Crippen molar-refractivity contribution in [1.82, 2.24) is 9.36 Å². The van der Waals surface area contributed by atoms with E-state index in [1.807, 2.05) is 31.2 Å². The number of anilines is 2. The molecule has 0 aliphatic carbocycles. The summed E-state index contributed by atoms with van der Waals surface area (Å²) in [7, 11) is 0. The highest BCUT2D eigenvalue weighted by molar-refractivity contribution is 7.09. The Bertz CT molecular complexity index is 470. The van der Waals surface area contributed by atoms with Crippen LogP contribution in [0, 0.1) is 0 Å². The van der Waals surface area contributed by atoms with Crippen molar-refractivity contribution in [3.8, 4) is 0 Å². The van der Waals surface area contributed by atoms with Crippen LogP contribution in [-0.2, 0) is 12.3 Å². The zero-order valence-corrected chi connectivity index (χ0v) is 10.5. The lowest BCUT2D eigenvalue weighted by atomic mass is 10.2. The SMILES string of the molecule is CCc1nsc(Nc2cccc(CCl)c2)n1. The van der Waals surface area contributed by atoms with Crippen LogP contribution in [0.4, 0.5) is 10.8 Å². The number of aromatic nitrogens is 2. The molecule has 1 aromatic heterocycles. The van der Waals surface area contributed by atoms with Crippen LogP contribution >= 0.6 is 23.1 Å². The van der Waals surface area contributed by atoms with Gasteiger partial charge < -0.3 is 5.32 Å². The molecule has 0 atom stereocenters. The summed E-state index contributed by atoms with van der Waals surface area (Å²) < 4.78 is 4.22. The number of rotatable bonds is 4. The van der Waals surface area contributed by atoms with Crippen LogP contribution in [0.25, 0.3) is 0 Å². The van der Waals surface area contributed by atoms with E-state index >= 15 is 0 Å². The molecule has 16 heavy (non-hydrogen) atoms. The van der Waals surface area contributed by atoms with E-state index in [1.54, 1.807) is 0 Å². The Morgan fingerprint density at radius 2 is 2.31 bits per heavy atom. The Morgan fingerprint density at radius 1 is 1.44 bits per heavy atom. The molecule has 84 valence electrons. The third kappa shape index (κ3) is 2.71. The lowest BCUT2D eigenvalue weighted by Crippen LogP contribution is -1.91. The second-order valence-corrected chi connectivity index (χ2v) is 4.35. The van der Waals surface area contributed by atoms with E-state index in [9.17, 15) is 0 Å². The van der Waals surface area contributed by atoms with Crippen LogP contribution in [0.15, 0.2) is 24.3 Å². The summed E-state index contributed by atoms with van der Waals surface area (Å²) in [5.41, 5.74) is 2.09. The predicted octanol–water partition coefficient (Wildman–Crippen LogP) is 3.58. The fraction of sp³-hybridized carbons (Fsp3) is 0.273. The molecule has 0 aliphatic rings. The van der Waals surface area contributed by atoms with Gasteiger partial charge in [0.2, 0.25) is 5.13 Å². The van der Waals surface area contributed by atoms with Gasteiger partial charge in [0.1, 0.15) is 5.82 Å². The standard InChI is InChI=1S/C11H12ClN3S/c1-2-10-14-11(16-15-10)13-9-5-3-4-8(6-9)7-12/h3-6H,2,7H2,1H3,(H,13,14,15). The number of nitrogens with zero attached hydrogens (tertiary/aromatic N) is 2. The molecule has 2 aromatic rings. The van der Waals surface area contributed by atoms with E-state index in [4.69, 9.17) is 11.6 Å². The lowest BCUT2D eigenvalue weighted by molar-refractivity contribution is 1.00. The summed E-state index contributed by atoms with van der Waals surface area (Å²) in [4.78, 5) is 4.34. The van der Waals surface area contributed by atoms with Crippen molar-refractivity contribution in [3.05, 3.63) is 35.7 Å². The van der Waals surface area contributed by atoms with Crippen LogP contribution in [-0.4, -0.2) is 9.36 Å². The largest absolute Gasteiger partial charge is 0.330 e. The smallest absolute Gasteiger partial charge is 0.207 e. The molecule has 0 radical (unpaired) electrons. The van der Waals surface area contributed by atoms with Gasteiger partial charge >= 0.3 is 0 Å². The molecule has 0 unspecified atom stereocenters. The van der Waals surface area contributed by atoms with E-state index in [1.165, 1.54) is 11.5 Å². The first-order valence-electron chi connectivity index (χ1n) is 5.06. The molecular weight excluding hydrogens is 242 g/mol. The Balaban J connectivity index is 2.13. The van der Waals surface area contributed by atoms with Gasteiger partial charge in [0.15, 0.2) is 0 Å². The van der Waals surface area contributed by atoms with Gasteiger partial charge in [-0.05, 0) is 17.7 Å². The number of alkyl halides is 1. The number of hydrogen-bond donors (Lipinski definition) is 1. The van der Waals surface area contributed by atoms with Gasteiger partial charge in [0, 0.05) is 29.5 Å². The minimum absolute atomic E-state index is 0.520. The number of halogens is 1. The molecule has 0 fully saturated rings. The summed E-state index contributed by atoms with van der Waals surface area (Å²) >= 11 is 7.15. The van der Waals surface area contributed by atoms with E-state index < -0.39 is 0 Å². The van der Waals surface area contributed by atoms with Gasteiger partial charge in [0.05, 0.1) is 0 Å². The molecule has 0 amide bonds. The van der Waals surface area contributed by atoms with Crippen molar-refractivity contribution >= 4 is 34.0 Å². The number of hydrogen-bond acceptors (Lipinski definition) is 4. The lowest BCUT2D eigenvalue weighted by Gasteiger charge is -2.03. The first-order chi connectivity index (χ1) is 7.81. The van der Waals surface area contributed by atoms with Crippen LogP contribution in [0.3, 0.4) is 0 Å². The molecule has 1 heterocycles. The monoisotopic (exact) mass is 253 g/mol. The molecule has 0 saturated carbocycles. The first kappa shape index (κ1) is 11.4. The Hall–Kier alpha value is -1.13. The molecular formula is C11H12ClN3S. The summed E-state index contributed by atoms with van der Waals surface area (Å²) in [5, 5.41) is 4.04. The zero-order valence-electron chi connectivity index (χ0n) is 8.90. The molecule has 0 spiro atoms. The van der Waals surface area contributed by atoms with Crippen LogP contribution in [0.1, 0.15) is 18.3 Å². The van der Waals surface area contributed by atoms with Crippen molar-refractivity contribution in [2.45, 2.75) is 19.2 Å².